The first-order chi connectivity index (χ1) is 6.27. The number of rotatable bonds is 4. The molecule has 0 fully saturated rings. The molecule has 3 heteroatoms. The Hall–Kier alpha value is -0.700. The topological polar surface area (TPSA) is 29.5 Å². The van der Waals surface area contributed by atoms with Crippen LogP contribution in [0.25, 0.3) is 0 Å². The Bertz CT molecular complexity index is 274. The molecule has 0 aliphatic carbocycles. The molecule has 1 rings (SSSR count). The summed E-state index contributed by atoms with van der Waals surface area (Å²) in [5.41, 5.74) is 1.16. The van der Waals surface area contributed by atoms with Crippen molar-refractivity contribution >= 4 is 15.9 Å². The van der Waals surface area contributed by atoms with Crippen molar-refractivity contribution in [3.8, 4) is 11.5 Å². The number of ether oxygens (including phenoxy) is 1. The zero-order chi connectivity index (χ0) is 9.68. The summed E-state index contributed by atoms with van der Waals surface area (Å²) in [6, 6.07) is 5.45. The summed E-state index contributed by atoms with van der Waals surface area (Å²) in [7, 11) is 0. The lowest BCUT2D eigenvalue weighted by Crippen LogP contribution is -1.93. The third-order valence-corrected chi connectivity index (χ3v) is 2.10. The van der Waals surface area contributed by atoms with Crippen LogP contribution in [0.5, 0.6) is 11.5 Å². The van der Waals surface area contributed by atoms with Crippen molar-refractivity contribution in [1.82, 2.24) is 0 Å². The van der Waals surface area contributed by atoms with Gasteiger partial charge in [0.25, 0.3) is 0 Å². The van der Waals surface area contributed by atoms with Crippen LogP contribution in [0.1, 0.15) is 12.5 Å². The SMILES string of the molecule is CCOc1cc(CCBr)ccc1O. The minimum atomic E-state index is 0.208. The largest absolute Gasteiger partial charge is 0.504 e. The van der Waals surface area contributed by atoms with Crippen LogP contribution < -0.4 is 4.74 Å². The van der Waals surface area contributed by atoms with Gasteiger partial charge < -0.3 is 9.84 Å². The standard InChI is InChI=1S/C10H13BrO2/c1-2-13-10-7-8(5-6-11)3-4-9(10)12/h3-4,7,12H,2,5-6H2,1H3. The summed E-state index contributed by atoms with van der Waals surface area (Å²) in [5.74, 6) is 0.779. The molecule has 0 spiro atoms. The summed E-state index contributed by atoms with van der Waals surface area (Å²) in [6.45, 7) is 2.47. The molecule has 2 nitrogen and oxygen atoms in total. The van der Waals surface area contributed by atoms with Crippen LogP contribution in [0.4, 0.5) is 0 Å². The van der Waals surface area contributed by atoms with E-state index in [1.807, 2.05) is 19.1 Å². The summed E-state index contributed by atoms with van der Waals surface area (Å²) in [5, 5.41) is 10.3. The molecule has 13 heavy (non-hydrogen) atoms. The van der Waals surface area contributed by atoms with E-state index in [1.165, 1.54) is 0 Å². The molecule has 1 N–H and O–H groups in total. The number of alkyl halides is 1. The first-order valence-electron chi connectivity index (χ1n) is 4.28. The summed E-state index contributed by atoms with van der Waals surface area (Å²) < 4.78 is 5.26. The number of aryl methyl sites for hydroxylation is 1. The average molecular weight is 245 g/mol. The van der Waals surface area contributed by atoms with Gasteiger partial charge in [0.2, 0.25) is 0 Å². The maximum atomic E-state index is 9.40. The Morgan fingerprint density at radius 2 is 2.23 bits per heavy atom. The van der Waals surface area contributed by atoms with E-state index >= 15 is 0 Å². The first-order valence-corrected chi connectivity index (χ1v) is 5.40. The van der Waals surface area contributed by atoms with E-state index in [0.29, 0.717) is 12.4 Å². The van der Waals surface area contributed by atoms with Gasteiger partial charge in [-0.25, -0.2) is 0 Å². The molecule has 0 bridgehead atoms. The minimum absolute atomic E-state index is 0.208. The highest BCUT2D eigenvalue weighted by Crippen LogP contribution is 2.26. The van der Waals surface area contributed by atoms with Gasteiger partial charge in [-0.05, 0) is 31.0 Å². The van der Waals surface area contributed by atoms with Crippen molar-refractivity contribution in [2.45, 2.75) is 13.3 Å². The van der Waals surface area contributed by atoms with E-state index < -0.39 is 0 Å². The minimum Gasteiger partial charge on any atom is -0.504 e. The highest BCUT2D eigenvalue weighted by atomic mass is 79.9. The number of hydrogen-bond acceptors (Lipinski definition) is 2. The van der Waals surface area contributed by atoms with Crippen molar-refractivity contribution in [3.05, 3.63) is 23.8 Å². The molecule has 1 aromatic rings. The van der Waals surface area contributed by atoms with Crippen molar-refractivity contribution in [3.63, 3.8) is 0 Å². The monoisotopic (exact) mass is 244 g/mol. The van der Waals surface area contributed by atoms with Gasteiger partial charge in [-0.1, -0.05) is 22.0 Å². The van der Waals surface area contributed by atoms with Crippen LogP contribution in [0.3, 0.4) is 0 Å². The summed E-state index contributed by atoms with van der Waals surface area (Å²) in [4.78, 5) is 0. The Balaban J connectivity index is 2.83. The van der Waals surface area contributed by atoms with E-state index in [0.717, 1.165) is 17.3 Å². The van der Waals surface area contributed by atoms with Crippen LogP contribution in [0, 0.1) is 0 Å². The van der Waals surface area contributed by atoms with Gasteiger partial charge in [0.15, 0.2) is 11.5 Å². The van der Waals surface area contributed by atoms with E-state index in [4.69, 9.17) is 4.74 Å². The van der Waals surface area contributed by atoms with Crippen molar-refractivity contribution < 1.29 is 9.84 Å². The second kappa shape index (κ2) is 5.12. The van der Waals surface area contributed by atoms with Crippen molar-refractivity contribution in [1.29, 1.82) is 0 Å². The highest BCUT2D eigenvalue weighted by Gasteiger charge is 2.02. The van der Waals surface area contributed by atoms with Crippen LogP contribution >= 0.6 is 15.9 Å². The van der Waals surface area contributed by atoms with Gasteiger partial charge in [-0.15, -0.1) is 0 Å². The second-order valence-electron chi connectivity index (χ2n) is 2.67. The zero-order valence-corrected chi connectivity index (χ0v) is 9.17. The summed E-state index contributed by atoms with van der Waals surface area (Å²) in [6.07, 6.45) is 0.945. The number of hydrogen-bond donors (Lipinski definition) is 1. The third kappa shape index (κ3) is 2.92. The molecule has 0 saturated heterocycles. The Morgan fingerprint density at radius 3 is 2.85 bits per heavy atom. The number of phenolic OH excluding ortho intramolecular Hbond substituents is 1. The molecular formula is C10H13BrO2. The van der Waals surface area contributed by atoms with Gasteiger partial charge in [-0.2, -0.15) is 0 Å². The molecular weight excluding hydrogens is 232 g/mol. The van der Waals surface area contributed by atoms with Crippen LogP contribution in [0.2, 0.25) is 0 Å². The van der Waals surface area contributed by atoms with Crippen LogP contribution in [-0.2, 0) is 6.42 Å². The molecule has 1 aromatic carbocycles. The molecule has 0 aliphatic rings. The second-order valence-corrected chi connectivity index (χ2v) is 3.47. The van der Waals surface area contributed by atoms with E-state index in [1.54, 1.807) is 6.07 Å². The molecule has 0 unspecified atom stereocenters. The molecule has 0 aliphatic heterocycles. The fraction of sp³-hybridized carbons (Fsp3) is 0.400. The fourth-order valence-electron chi connectivity index (χ4n) is 1.09. The number of benzene rings is 1. The normalized spacial score (nSPS) is 10.0. The lowest BCUT2D eigenvalue weighted by Gasteiger charge is -2.07. The van der Waals surface area contributed by atoms with Crippen molar-refractivity contribution in [2.75, 3.05) is 11.9 Å². The molecule has 0 heterocycles. The van der Waals surface area contributed by atoms with E-state index in [-0.39, 0.29) is 5.75 Å². The molecule has 0 aromatic heterocycles. The third-order valence-electron chi connectivity index (χ3n) is 1.71. The van der Waals surface area contributed by atoms with Crippen LogP contribution in [0.15, 0.2) is 18.2 Å². The van der Waals surface area contributed by atoms with Gasteiger partial charge in [0.1, 0.15) is 0 Å². The van der Waals surface area contributed by atoms with Crippen molar-refractivity contribution in [2.24, 2.45) is 0 Å². The summed E-state index contributed by atoms with van der Waals surface area (Å²) >= 11 is 3.36. The molecule has 0 saturated carbocycles. The first kappa shape index (κ1) is 10.4. The lowest BCUT2D eigenvalue weighted by molar-refractivity contribution is 0.318. The fourth-order valence-corrected chi connectivity index (χ4v) is 1.55. The highest BCUT2D eigenvalue weighted by molar-refractivity contribution is 9.09. The number of halogens is 1. The van der Waals surface area contributed by atoms with E-state index in [9.17, 15) is 5.11 Å². The van der Waals surface area contributed by atoms with E-state index in [2.05, 4.69) is 15.9 Å². The quantitative estimate of drug-likeness (QED) is 0.826. The maximum absolute atomic E-state index is 9.40. The molecule has 72 valence electrons. The molecule has 0 amide bonds. The maximum Gasteiger partial charge on any atom is 0.161 e. The van der Waals surface area contributed by atoms with Crippen LogP contribution in [-0.4, -0.2) is 17.0 Å². The average Bonchev–Trinajstić information content (AvgIpc) is 2.12. The Kier molecular flexibility index (Phi) is 4.09. The molecule has 0 radical (unpaired) electrons. The van der Waals surface area contributed by atoms with Gasteiger partial charge in [0.05, 0.1) is 6.61 Å². The lowest BCUT2D eigenvalue weighted by atomic mass is 10.1. The zero-order valence-electron chi connectivity index (χ0n) is 7.59. The number of aromatic hydroxyl groups is 1. The van der Waals surface area contributed by atoms with Gasteiger partial charge >= 0.3 is 0 Å². The van der Waals surface area contributed by atoms with Gasteiger partial charge in [0, 0.05) is 5.33 Å². The Morgan fingerprint density at radius 1 is 1.46 bits per heavy atom. The number of phenols is 1. The predicted molar refractivity (Wildman–Crippen MR) is 56.8 cm³/mol. The smallest absolute Gasteiger partial charge is 0.161 e. The predicted octanol–water partition coefficient (Wildman–Crippen LogP) is 2.73. The molecule has 0 atom stereocenters. The van der Waals surface area contributed by atoms with Gasteiger partial charge in [-0.3, -0.25) is 0 Å². The Labute approximate surface area is 86.7 Å².